The minimum atomic E-state index is 0.896. The van der Waals surface area contributed by atoms with E-state index in [4.69, 9.17) is 0 Å². The Morgan fingerprint density at radius 1 is 1.27 bits per heavy atom. The highest BCUT2D eigenvalue weighted by Crippen LogP contribution is 2.27. The third-order valence-electron chi connectivity index (χ3n) is 3.87. The Bertz CT molecular complexity index is 155. The minimum absolute atomic E-state index is 0.896. The van der Waals surface area contributed by atoms with Gasteiger partial charge in [0.05, 0.1) is 0 Å². The van der Waals surface area contributed by atoms with E-state index in [2.05, 4.69) is 26.1 Å². The molecule has 0 aromatic heterocycles. The maximum Gasteiger partial charge on any atom is -0.00202 e. The molecule has 1 saturated heterocycles. The fourth-order valence-electron chi connectivity index (χ4n) is 2.90. The van der Waals surface area contributed by atoms with E-state index in [1.807, 2.05) is 0 Å². The first-order valence-electron chi connectivity index (χ1n) is 6.96. The molecule has 0 aliphatic carbocycles. The van der Waals surface area contributed by atoms with Gasteiger partial charge in [-0.3, -0.25) is 0 Å². The summed E-state index contributed by atoms with van der Waals surface area (Å²) in [5, 5.41) is 3.57. The normalized spacial score (nSPS) is 29.0. The zero-order chi connectivity index (χ0) is 11.1. The SMILES string of the molecule is CCCCC(CC)CC1CNCC(C)C1. The van der Waals surface area contributed by atoms with Gasteiger partial charge in [-0.1, -0.05) is 46.5 Å². The number of piperidine rings is 1. The number of unbranched alkanes of at least 4 members (excludes halogenated alkanes) is 1. The molecule has 90 valence electrons. The van der Waals surface area contributed by atoms with Crippen molar-refractivity contribution < 1.29 is 0 Å². The lowest BCUT2D eigenvalue weighted by Crippen LogP contribution is -2.35. The number of hydrogen-bond acceptors (Lipinski definition) is 1. The van der Waals surface area contributed by atoms with Crippen molar-refractivity contribution >= 4 is 0 Å². The molecular weight excluding hydrogens is 182 g/mol. The summed E-state index contributed by atoms with van der Waals surface area (Å²) < 4.78 is 0. The summed E-state index contributed by atoms with van der Waals surface area (Å²) in [5.41, 5.74) is 0. The zero-order valence-electron chi connectivity index (χ0n) is 10.9. The van der Waals surface area contributed by atoms with Gasteiger partial charge in [-0.05, 0) is 43.7 Å². The van der Waals surface area contributed by atoms with Crippen LogP contribution in [0.3, 0.4) is 0 Å². The molecular formula is C14H29N. The van der Waals surface area contributed by atoms with Crippen molar-refractivity contribution in [3.05, 3.63) is 0 Å². The molecule has 0 bridgehead atoms. The fraction of sp³-hybridized carbons (Fsp3) is 1.00. The van der Waals surface area contributed by atoms with Crippen LogP contribution >= 0.6 is 0 Å². The van der Waals surface area contributed by atoms with Crippen LogP contribution in [0.15, 0.2) is 0 Å². The van der Waals surface area contributed by atoms with Gasteiger partial charge in [0, 0.05) is 0 Å². The van der Waals surface area contributed by atoms with Crippen LogP contribution < -0.4 is 5.32 Å². The predicted octanol–water partition coefficient (Wildman–Crippen LogP) is 3.84. The van der Waals surface area contributed by atoms with Gasteiger partial charge >= 0.3 is 0 Å². The molecule has 3 atom stereocenters. The van der Waals surface area contributed by atoms with Crippen LogP contribution in [0.1, 0.15) is 59.3 Å². The molecule has 0 spiro atoms. The molecule has 1 nitrogen and oxygen atoms in total. The molecule has 0 aromatic rings. The van der Waals surface area contributed by atoms with Crippen molar-refractivity contribution in [2.75, 3.05) is 13.1 Å². The highest BCUT2D eigenvalue weighted by Gasteiger charge is 2.21. The minimum Gasteiger partial charge on any atom is -0.316 e. The van der Waals surface area contributed by atoms with E-state index in [0.717, 1.165) is 17.8 Å². The predicted molar refractivity (Wildman–Crippen MR) is 68.1 cm³/mol. The highest BCUT2D eigenvalue weighted by molar-refractivity contribution is 4.76. The second-order valence-electron chi connectivity index (χ2n) is 5.52. The molecule has 1 heterocycles. The quantitative estimate of drug-likeness (QED) is 0.704. The van der Waals surface area contributed by atoms with E-state index < -0.39 is 0 Å². The lowest BCUT2D eigenvalue weighted by Gasteiger charge is -2.30. The van der Waals surface area contributed by atoms with Crippen LogP contribution in [0.4, 0.5) is 0 Å². The van der Waals surface area contributed by atoms with Gasteiger partial charge in [-0.2, -0.15) is 0 Å². The van der Waals surface area contributed by atoms with Gasteiger partial charge in [0.15, 0.2) is 0 Å². The van der Waals surface area contributed by atoms with E-state index in [1.54, 1.807) is 0 Å². The summed E-state index contributed by atoms with van der Waals surface area (Å²) in [6.45, 7) is 9.55. The average molecular weight is 211 g/mol. The van der Waals surface area contributed by atoms with Crippen molar-refractivity contribution in [3.63, 3.8) is 0 Å². The summed E-state index contributed by atoms with van der Waals surface area (Å²) in [6, 6.07) is 0. The van der Waals surface area contributed by atoms with Gasteiger partial charge in [-0.15, -0.1) is 0 Å². The zero-order valence-corrected chi connectivity index (χ0v) is 10.9. The van der Waals surface area contributed by atoms with E-state index in [9.17, 15) is 0 Å². The van der Waals surface area contributed by atoms with E-state index in [1.165, 1.54) is 51.6 Å². The van der Waals surface area contributed by atoms with Crippen molar-refractivity contribution in [1.29, 1.82) is 0 Å². The molecule has 0 saturated carbocycles. The van der Waals surface area contributed by atoms with Crippen LogP contribution in [-0.2, 0) is 0 Å². The summed E-state index contributed by atoms with van der Waals surface area (Å²) in [6.07, 6.45) is 8.54. The number of rotatable bonds is 6. The van der Waals surface area contributed by atoms with Crippen molar-refractivity contribution in [1.82, 2.24) is 5.32 Å². The largest absolute Gasteiger partial charge is 0.316 e. The Morgan fingerprint density at radius 2 is 2.07 bits per heavy atom. The van der Waals surface area contributed by atoms with E-state index in [0.29, 0.717) is 0 Å². The average Bonchev–Trinajstić information content (AvgIpc) is 2.24. The van der Waals surface area contributed by atoms with E-state index >= 15 is 0 Å². The van der Waals surface area contributed by atoms with Crippen LogP contribution in [0, 0.1) is 17.8 Å². The summed E-state index contributed by atoms with van der Waals surface area (Å²) >= 11 is 0. The van der Waals surface area contributed by atoms with Gasteiger partial charge in [0.2, 0.25) is 0 Å². The first-order valence-corrected chi connectivity index (χ1v) is 6.96. The Kier molecular flexibility index (Phi) is 6.31. The number of hydrogen-bond donors (Lipinski definition) is 1. The maximum absolute atomic E-state index is 3.57. The molecule has 0 radical (unpaired) electrons. The molecule has 1 aliphatic heterocycles. The Morgan fingerprint density at radius 3 is 2.67 bits per heavy atom. The van der Waals surface area contributed by atoms with Crippen molar-refractivity contribution in [2.24, 2.45) is 17.8 Å². The molecule has 3 unspecified atom stereocenters. The van der Waals surface area contributed by atoms with Crippen molar-refractivity contribution in [3.8, 4) is 0 Å². The Hall–Kier alpha value is -0.0400. The molecule has 1 aliphatic rings. The fourth-order valence-corrected chi connectivity index (χ4v) is 2.90. The maximum atomic E-state index is 3.57. The van der Waals surface area contributed by atoms with Crippen LogP contribution in [0.2, 0.25) is 0 Å². The van der Waals surface area contributed by atoms with Gasteiger partial charge in [0.1, 0.15) is 0 Å². The molecule has 1 rings (SSSR count). The molecule has 1 fully saturated rings. The first kappa shape index (κ1) is 13.0. The van der Waals surface area contributed by atoms with Crippen LogP contribution in [0.25, 0.3) is 0 Å². The molecule has 0 amide bonds. The standard InChI is InChI=1S/C14H29N/c1-4-6-7-13(5-2)9-14-8-12(3)10-15-11-14/h12-15H,4-11H2,1-3H3. The summed E-state index contributed by atoms with van der Waals surface area (Å²) in [5.74, 6) is 2.84. The second-order valence-corrected chi connectivity index (χ2v) is 5.52. The summed E-state index contributed by atoms with van der Waals surface area (Å²) in [4.78, 5) is 0. The number of nitrogens with one attached hydrogen (secondary N) is 1. The Labute approximate surface area is 96.0 Å². The van der Waals surface area contributed by atoms with Gasteiger partial charge in [0.25, 0.3) is 0 Å². The van der Waals surface area contributed by atoms with Crippen molar-refractivity contribution in [2.45, 2.75) is 59.3 Å². The Balaban J connectivity index is 2.24. The second kappa shape index (κ2) is 7.27. The lowest BCUT2D eigenvalue weighted by molar-refractivity contribution is 0.244. The lowest BCUT2D eigenvalue weighted by atomic mass is 9.82. The smallest absolute Gasteiger partial charge is 0.00202 e. The highest BCUT2D eigenvalue weighted by atomic mass is 14.9. The molecule has 1 heteroatoms. The third kappa shape index (κ3) is 5.01. The van der Waals surface area contributed by atoms with Crippen LogP contribution in [0.5, 0.6) is 0 Å². The first-order chi connectivity index (χ1) is 7.26. The van der Waals surface area contributed by atoms with Gasteiger partial charge in [-0.25, -0.2) is 0 Å². The molecule has 15 heavy (non-hydrogen) atoms. The summed E-state index contributed by atoms with van der Waals surface area (Å²) in [7, 11) is 0. The van der Waals surface area contributed by atoms with Gasteiger partial charge < -0.3 is 5.32 Å². The van der Waals surface area contributed by atoms with E-state index in [-0.39, 0.29) is 0 Å². The van der Waals surface area contributed by atoms with Crippen LogP contribution in [-0.4, -0.2) is 13.1 Å². The molecule has 1 N–H and O–H groups in total. The topological polar surface area (TPSA) is 12.0 Å². The third-order valence-corrected chi connectivity index (χ3v) is 3.87. The monoisotopic (exact) mass is 211 g/mol. The molecule has 0 aromatic carbocycles.